The Morgan fingerprint density at radius 2 is 1.89 bits per heavy atom. The number of carbonyl (C=O) groups is 1. The molecule has 1 amide bonds. The van der Waals surface area contributed by atoms with Crippen molar-refractivity contribution in [3.63, 3.8) is 0 Å². The van der Waals surface area contributed by atoms with Crippen molar-refractivity contribution >= 4 is 5.91 Å². The highest BCUT2D eigenvalue weighted by molar-refractivity contribution is 5.83. The molecule has 0 aromatic heterocycles. The fourth-order valence-corrected chi connectivity index (χ4v) is 4.57. The second kappa shape index (κ2) is 9.59. The standard InChI is InChI=1S/C23H36N2O2/c1-18(2)16-20-17-27-21-10-6-5-9-19(21)8-4-3-7-11-23(22(26)25-20)12-14-24-15-13-23/h5-6,9-10,18,20,24H,3-4,7-8,11-17H2,1-2H3,(H,25,26)/t20-/m0/s1. The highest BCUT2D eigenvalue weighted by atomic mass is 16.5. The Hall–Kier alpha value is -1.55. The lowest BCUT2D eigenvalue weighted by atomic mass is 9.73. The SMILES string of the molecule is CC(C)C[C@H]1COc2ccccc2CCCCCC2(CCNCC2)C(=O)N1. The molecule has 0 saturated carbocycles. The molecule has 0 aliphatic carbocycles. The third-order valence-corrected chi connectivity index (χ3v) is 6.15. The maximum absolute atomic E-state index is 13.3. The van der Waals surface area contributed by atoms with Crippen LogP contribution in [0.2, 0.25) is 0 Å². The number of amides is 1. The molecule has 0 bridgehead atoms. The minimum absolute atomic E-state index is 0.0677. The van der Waals surface area contributed by atoms with Gasteiger partial charge in [-0.05, 0) is 69.2 Å². The Labute approximate surface area is 164 Å². The van der Waals surface area contributed by atoms with Crippen LogP contribution in [0, 0.1) is 11.3 Å². The molecule has 3 rings (SSSR count). The molecule has 27 heavy (non-hydrogen) atoms. The van der Waals surface area contributed by atoms with E-state index in [0.29, 0.717) is 12.5 Å². The summed E-state index contributed by atoms with van der Waals surface area (Å²) in [4.78, 5) is 13.3. The van der Waals surface area contributed by atoms with E-state index >= 15 is 0 Å². The van der Waals surface area contributed by atoms with Gasteiger partial charge in [0, 0.05) is 0 Å². The van der Waals surface area contributed by atoms with Gasteiger partial charge in [-0.1, -0.05) is 44.9 Å². The quantitative estimate of drug-likeness (QED) is 0.822. The lowest BCUT2D eigenvalue weighted by Gasteiger charge is -2.37. The third kappa shape index (κ3) is 5.47. The van der Waals surface area contributed by atoms with Crippen LogP contribution in [-0.4, -0.2) is 31.6 Å². The van der Waals surface area contributed by atoms with Crippen LogP contribution in [0.1, 0.15) is 64.4 Å². The number of hydrogen-bond donors (Lipinski definition) is 2. The molecule has 2 N–H and O–H groups in total. The van der Waals surface area contributed by atoms with E-state index in [1.54, 1.807) is 0 Å². The fourth-order valence-electron chi connectivity index (χ4n) is 4.57. The summed E-state index contributed by atoms with van der Waals surface area (Å²) in [7, 11) is 0. The Balaban J connectivity index is 1.79. The third-order valence-electron chi connectivity index (χ3n) is 6.15. The summed E-state index contributed by atoms with van der Waals surface area (Å²) in [6.45, 7) is 6.87. The summed E-state index contributed by atoms with van der Waals surface area (Å²) in [5, 5.41) is 6.81. The van der Waals surface area contributed by atoms with E-state index in [2.05, 4.69) is 42.7 Å². The van der Waals surface area contributed by atoms with Crippen molar-refractivity contribution in [2.75, 3.05) is 19.7 Å². The number of ether oxygens (including phenoxy) is 1. The van der Waals surface area contributed by atoms with Crippen molar-refractivity contribution in [3.8, 4) is 5.75 Å². The van der Waals surface area contributed by atoms with Gasteiger partial charge in [0.25, 0.3) is 0 Å². The molecule has 1 fully saturated rings. The first kappa shape index (κ1) is 20.2. The van der Waals surface area contributed by atoms with Crippen molar-refractivity contribution in [1.82, 2.24) is 10.6 Å². The first-order chi connectivity index (χ1) is 13.1. The van der Waals surface area contributed by atoms with E-state index in [9.17, 15) is 4.79 Å². The second-order valence-electron chi connectivity index (χ2n) is 8.81. The van der Waals surface area contributed by atoms with Gasteiger partial charge >= 0.3 is 0 Å². The van der Waals surface area contributed by atoms with Crippen LogP contribution in [0.4, 0.5) is 0 Å². The first-order valence-electron chi connectivity index (χ1n) is 10.8. The van der Waals surface area contributed by atoms with Gasteiger partial charge in [0.1, 0.15) is 12.4 Å². The number of para-hydroxylation sites is 1. The van der Waals surface area contributed by atoms with Crippen molar-refractivity contribution in [3.05, 3.63) is 29.8 Å². The first-order valence-corrected chi connectivity index (χ1v) is 10.8. The van der Waals surface area contributed by atoms with E-state index in [-0.39, 0.29) is 17.4 Å². The average Bonchev–Trinajstić information content (AvgIpc) is 2.67. The van der Waals surface area contributed by atoms with Gasteiger partial charge < -0.3 is 15.4 Å². The smallest absolute Gasteiger partial charge is 0.226 e. The molecule has 0 unspecified atom stereocenters. The fraction of sp³-hybridized carbons (Fsp3) is 0.696. The highest BCUT2D eigenvalue weighted by Gasteiger charge is 2.39. The number of carbonyl (C=O) groups excluding carboxylic acids is 1. The molecule has 4 nitrogen and oxygen atoms in total. The van der Waals surface area contributed by atoms with Crippen molar-refractivity contribution in [1.29, 1.82) is 0 Å². The lowest BCUT2D eigenvalue weighted by Crippen LogP contribution is -2.51. The van der Waals surface area contributed by atoms with Crippen LogP contribution in [-0.2, 0) is 11.2 Å². The Kier molecular flexibility index (Phi) is 7.17. The molecule has 4 heteroatoms. The molecule has 1 aromatic carbocycles. The van der Waals surface area contributed by atoms with Crippen LogP contribution >= 0.6 is 0 Å². The van der Waals surface area contributed by atoms with E-state index in [1.807, 2.05) is 6.07 Å². The predicted octanol–water partition coefficient (Wildman–Crippen LogP) is 4.08. The number of piperidine rings is 1. The van der Waals surface area contributed by atoms with Crippen LogP contribution in [0.5, 0.6) is 5.75 Å². The largest absolute Gasteiger partial charge is 0.491 e. The van der Waals surface area contributed by atoms with Crippen LogP contribution < -0.4 is 15.4 Å². The Bertz CT molecular complexity index is 608. The summed E-state index contributed by atoms with van der Waals surface area (Å²) in [5.41, 5.74) is 1.10. The van der Waals surface area contributed by atoms with Crippen molar-refractivity contribution in [2.45, 2.75) is 71.3 Å². The molecule has 2 aliphatic heterocycles. The van der Waals surface area contributed by atoms with E-state index in [4.69, 9.17) is 4.74 Å². The van der Waals surface area contributed by atoms with Crippen LogP contribution in [0.3, 0.4) is 0 Å². The normalized spacial score (nSPS) is 24.1. The van der Waals surface area contributed by atoms with Crippen LogP contribution in [0.25, 0.3) is 0 Å². The van der Waals surface area contributed by atoms with Gasteiger partial charge in [-0.25, -0.2) is 0 Å². The Morgan fingerprint density at radius 3 is 2.67 bits per heavy atom. The zero-order chi connectivity index (χ0) is 19.1. The number of benzene rings is 1. The molecule has 150 valence electrons. The van der Waals surface area contributed by atoms with E-state index in [1.165, 1.54) is 12.0 Å². The van der Waals surface area contributed by atoms with Crippen molar-refractivity contribution < 1.29 is 9.53 Å². The Morgan fingerprint density at radius 1 is 1.11 bits per heavy atom. The number of hydrogen-bond acceptors (Lipinski definition) is 3. The monoisotopic (exact) mass is 372 g/mol. The highest BCUT2D eigenvalue weighted by Crippen LogP contribution is 2.36. The van der Waals surface area contributed by atoms with Gasteiger partial charge in [-0.3, -0.25) is 4.79 Å². The van der Waals surface area contributed by atoms with Gasteiger partial charge in [0.2, 0.25) is 5.91 Å². The molecule has 1 atom stereocenters. The van der Waals surface area contributed by atoms with Gasteiger partial charge in [-0.15, -0.1) is 0 Å². The summed E-state index contributed by atoms with van der Waals surface area (Å²) < 4.78 is 6.21. The minimum atomic E-state index is -0.193. The molecule has 1 spiro atoms. The molecule has 1 saturated heterocycles. The molecule has 0 radical (unpaired) electrons. The van der Waals surface area contributed by atoms with Gasteiger partial charge in [0.05, 0.1) is 11.5 Å². The number of aryl methyl sites for hydroxylation is 1. The zero-order valence-electron chi connectivity index (χ0n) is 17.1. The maximum atomic E-state index is 13.3. The number of fused-ring (bicyclic) bond motifs is 1. The molecular formula is C23H36N2O2. The lowest BCUT2D eigenvalue weighted by molar-refractivity contribution is -0.134. The number of rotatable bonds is 2. The molecule has 2 heterocycles. The van der Waals surface area contributed by atoms with Gasteiger partial charge in [0.15, 0.2) is 0 Å². The summed E-state index contributed by atoms with van der Waals surface area (Å²) in [6, 6.07) is 8.45. The van der Waals surface area contributed by atoms with Gasteiger partial charge in [-0.2, -0.15) is 0 Å². The van der Waals surface area contributed by atoms with E-state index < -0.39 is 0 Å². The topological polar surface area (TPSA) is 50.4 Å². The second-order valence-corrected chi connectivity index (χ2v) is 8.81. The molecule has 1 aromatic rings. The molecule has 2 aliphatic rings. The summed E-state index contributed by atoms with van der Waals surface area (Å²) in [6.07, 6.45) is 8.38. The number of nitrogens with one attached hydrogen (secondary N) is 2. The van der Waals surface area contributed by atoms with Crippen molar-refractivity contribution in [2.24, 2.45) is 11.3 Å². The minimum Gasteiger partial charge on any atom is -0.491 e. The molecular weight excluding hydrogens is 336 g/mol. The summed E-state index contributed by atoms with van der Waals surface area (Å²) in [5.74, 6) is 1.76. The predicted molar refractivity (Wildman–Crippen MR) is 110 cm³/mol. The maximum Gasteiger partial charge on any atom is 0.226 e. The van der Waals surface area contributed by atoms with Crippen LogP contribution in [0.15, 0.2) is 24.3 Å². The van der Waals surface area contributed by atoms with E-state index in [0.717, 1.165) is 63.8 Å². The average molecular weight is 373 g/mol. The summed E-state index contributed by atoms with van der Waals surface area (Å²) >= 11 is 0. The zero-order valence-corrected chi connectivity index (χ0v) is 17.1.